The van der Waals surface area contributed by atoms with Crippen LogP contribution in [0.2, 0.25) is 0 Å². The van der Waals surface area contributed by atoms with Crippen LogP contribution in [0, 0.1) is 5.92 Å². The highest BCUT2D eigenvalue weighted by Gasteiger charge is 2.36. The molecule has 5 nitrogen and oxygen atoms in total. The van der Waals surface area contributed by atoms with Crippen molar-refractivity contribution in [3.8, 4) is 0 Å². The van der Waals surface area contributed by atoms with Crippen molar-refractivity contribution in [1.29, 1.82) is 0 Å². The van der Waals surface area contributed by atoms with Crippen LogP contribution in [-0.2, 0) is 14.3 Å². The van der Waals surface area contributed by atoms with Gasteiger partial charge in [0.2, 0.25) is 5.91 Å². The van der Waals surface area contributed by atoms with Crippen LogP contribution in [0.25, 0.3) is 0 Å². The third kappa shape index (κ3) is 2.97. The van der Waals surface area contributed by atoms with Crippen LogP contribution >= 0.6 is 0 Å². The van der Waals surface area contributed by atoms with Gasteiger partial charge < -0.3 is 19.7 Å². The molecule has 0 radical (unpaired) electrons. The molecule has 0 aromatic heterocycles. The minimum absolute atomic E-state index is 0.0368. The maximum absolute atomic E-state index is 12.4. The fourth-order valence-corrected chi connectivity index (χ4v) is 2.51. The summed E-state index contributed by atoms with van der Waals surface area (Å²) in [7, 11) is 1.88. The third-order valence-corrected chi connectivity index (χ3v) is 3.53. The number of likely N-dealkylation sites (N-methyl/N-ethyl adjacent to an activating group) is 1. The van der Waals surface area contributed by atoms with Crippen LogP contribution in [0.1, 0.15) is 13.3 Å². The smallest absolute Gasteiger partial charge is 0.229 e. The van der Waals surface area contributed by atoms with Gasteiger partial charge in [-0.15, -0.1) is 0 Å². The molecule has 1 amide bonds. The van der Waals surface area contributed by atoms with Crippen LogP contribution in [0.15, 0.2) is 0 Å². The fourth-order valence-electron chi connectivity index (χ4n) is 2.51. The first-order chi connectivity index (χ1) is 8.22. The van der Waals surface area contributed by atoms with E-state index in [4.69, 9.17) is 9.47 Å². The van der Waals surface area contributed by atoms with E-state index < -0.39 is 0 Å². The molecule has 3 unspecified atom stereocenters. The highest BCUT2D eigenvalue weighted by atomic mass is 16.5. The van der Waals surface area contributed by atoms with E-state index in [1.165, 1.54) is 0 Å². The van der Waals surface area contributed by atoms with Gasteiger partial charge >= 0.3 is 0 Å². The molecule has 0 saturated carbocycles. The van der Waals surface area contributed by atoms with E-state index in [1.54, 1.807) is 0 Å². The lowest BCUT2D eigenvalue weighted by Gasteiger charge is -2.27. The molecule has 2 fully saturated rings. The van der Waals surface area contributed by atoms with Crippen molar-refractivity contribution >= 4 is 5.91 Å². The molecule has 0 bridgehead atoms. The van der Waals surface area contributed by atoms with E-state index in [0.717, 1.165) is 19.6 Å². The van der Waals surface area contributed by atoms with Gasteiger partial charge in [0, 0.05) is 25.7 Å². The average molecular weight is 242 g/mol. The van der Waals surface area contributed by atoms with E-state index in [9.17, 15) is 4.79 Å². The van der Waals surface area contributed by atoms with Crippen molar-refractivity contribution in [2.75, 3.05) is 40.0 Å². The second-order valence-electron chi connectivity index (χ2n) is 4.86. The molecule has 3 atom stereocenters. The summed E-state index contributed by atoms with van der Waals surface area (Å²) >= 11 is 0. The molecule has 2 heterocycles. The molecule has 17 heavy (non-hydrogen) atoms. The highest BCUT2D eigenvalue weighted by Crippen LogP contribution is 2.18. The van der Waals surface area contributed by atoms with E-state index in [1.807, 2.05) is 18.9 Å². The van der Waals surface area contributed by atoms with Gasteiger partial charge in [0.25, 0.3) is 0 Å². The first-order valence-corrected chi connectivity index (χ1v) is 6.37. The molecular formula is C12H22N2O3. The molecule has 1 N–H and O–H groups in total. The largest absolute Gasteiger partial charge is 0.379 e. The van der Waals surface area contributed by atoms with E-state index >= 15 is 0 Å². The Bertz CT molecular complexity index is 272. The molecule has 2 aliphatic heterocycles. The fraction of sp³-hybridized carbons (Fsp3) is 0.917. The van der Waals surface area contributed by atoms with Gasteiger partial charge in [-0.2, -0.15) is 0 Å². The second kappa shape index (κ2) is 5.80. The Hall–Kier alpha value is -0.650. The summed E-state index contributed by atoms with van der Waals surface area (Å²) in [6, 6.07) is 0.155. The number of nitrogens with zero attached hydrogens (tertiary/aromatic N) is 1. The standard InChI is InChI=1S/C12H22N2O3/c1-9-6-14(4-3-5-17-9)12(15)10-7-16-8-11(10)13-2/h9-11,13H,3-8H2,1-2H3. The number of hydrogen-bond acceptors (Lipinski definition) is 4. The monoisotopic (exact) mass is 242 g/mol. The zero-order valence-electron chi connectivity index (χ0n) is 10.6. The van der Waals surface area contributed by atoms with Crippen LogP contribution < -0.4 is 5.32 Å². The Morgan fingerprint density at radius 1 is 1.41 bits per heavy atom. The number of ether oxygens (including phenoxy) is 2. The van der Waals surface area contributed by atoms with Crippen molar-refractivity contribution in [2.24, 2.45) is 5.92 Å². The molecule has 98 valence electrons. The van der Waals surface area contributed by atoms with Gasteiger partial charge in [-0.05, 0) is 20.4 Å². The van der Waals surface area contributed by atoms with Gasteiger partial charge in [-0.1, -0.05) is 0 Å². The van der Waals surface area contributed by atoms with E-state index in [2.05, 4.69) is 5.32 Å². The van der Waals surface area contributed by atoms with Gasteiger partial charge in [-0.3, -0.25) is 4.79 Å². The first kappa shape index (κ1) is 12.8. The lowest BCUT2D eigenvalue weighted by atomic mass is 10.0. The molecule has 5 heteroatoms. The molecule has 0 spiro atoms. The summed E-state index contributed by atoms with van der Waals surface area (Å²) in [4.78, 5) is 14.4. The van der Waals surface area contributed by atoms with Crippen LogP contribution in [0.5, 0.6) is 0 Å². The van der Waals surface area contributed by atoms with Crippen molar-refractivity contribution in [2.45, 2.75) is 25.5 Å². The number of carbonyl (C=O) groups excluding carboxylic acids is 1. The summed E-state index contributed by atoms with van der Waals surface area (Å²) in [5.74, 6) is 0.171. The Labute approximate surface area is 102 Å². The molecule has 2 rings (SSSR count). The number of nitrogens with one attached hydrogen (secondary N) is 1. The molecule has 0 aliphatic carbocycles. The summed E-state index contributed by atoms with van der Waals surface area (Å²) < 4.78 is 10.9. The third-order valence-electron chi connectivity index (χ3n) is 3.53. The van der Waals surface area contributed by atoms with E-state index in [-0.39, 0.29) is 24.0 Å². The number of carbonyl (C=O) groups is 1. The lowest BCUT2D eigenvalue weighted by Crippen LogP contribution is -2.46. The first-order valence-electron chi connectivity index (χ1n) is 6.37. The SMILES string of the molecule is CNC1COCC1C(=O)N1CCCOC(C)C1. The molecule has 0 aromatic carbocycles. The minimum Gasteiger partial charge on any atom is -0.379 e. The van der Waals surface area contributed by atoms with Crippen LogP contribution in [0.3, 0.4) is 0 Å². The maximum Gasteiger partial charge on any atom is 0.229 e. The molecule has 2 aliphatic rings. The van der Waals surface area contributed by atoms with Gasteiger partial charge in [0.15, 0.2) is 0 Å². The summed E-state index contributed by atoms with van der Waals surface area (Å²) in [6.07, 6.45) is 1.06. The normalized spacial score (nSPS) is 34.7. The minimum atomic E-state index is -0.0368. The van der Waals surface area contributed by atoms with Crippen molar-refractivity contribution in [1.82, 2.24) is 10.2 Å². The molecule has 2 saturated heterocycles. The predicted molar refractivity (Wildman–Crippen MR) is 63.8 cm³/mol. The highest BCUT2D eigenvalue weighted by molar-refractivity contribution is 5.80. The van der Waals surface area contributed by atoms with Crippen molar-refractivity contribution in [3.05, 3.63) is 0 Å². The number of hydrogen-bond donors (Lipinski definition) is 1. The molecular weight excluding hydrogens is 220 g/mol. The van der Waals surface area contributed by atoms with Crippen LogP contribution in [-0.4, -0.2) is 62.9 Å². The second-order valence-corrected chi connectivity index (χ2v) is 4.86. The Morgan fingerprint density at radius 3 is 3.00 bits per heavy atom. The van der Waals surface area contributed by atoms with Gasteiger partial charge in [-0.25, -0.2) is 0 Å². The van der Waals surface area contributed by atoms with Crippen molar-refractivity contribution in [3.63, 3.8) is 0 Å². The zero-order valence-corrected chi connectivity index (χ0v) is 10.6. The number of amides is 1. The topological polar surface area (TPSA) is 50.8 Å². The average Bonchev–Trinajstić information content (AvgIpc) is 2.70. The maximum atomic E-state index is 12.4. The zero-order chi connectivity index (χ0) is 12.3. The van der Waals surface area contributed by atoms with Crippen molar-refractivity contribution < 1.29 is 14.3 Å². The van der Waals surface area contributed by atoms with Gasteiger partial charge in [0.1, 0.15) is 0 Å². The van der Waals surface area contributed by atoms with Crippen LogP contribution in [0.4, 0.5) is 0 Å². The summed E-state index contributed by atoms with van der Waals surface area (Å²) in [6.45, 7) is 5.44. The van der Waals surface area contributed by atoms with Gasteiger partial charge in [0.05, 0.1) is 25.2 Å². The quantitative estimate of drug-likeness (QED) is 0.732. The number of rotatable bonds is 2. The predicted octanol–water partition coefficient (Wildman–Crippen LogP) is -0.142. The lowest BCUT2D eigenvalue weighted by molar-refractivity contribution is -0.136. The molecule has 0 aromatic rings. The van der Waals surface area contributed by atoms with E-state index in [0.29, 0.717) is 19.8 Å². The summed E-state index contributed by atoms with van der Waals surface area (Å²) in [5, 5.41) is 3.16. The summed E-state index contributed by atoms with van der Waals surface area (Å²) in [5.41, 5.74) is 0. The Morgan fingerprint density at radius 2 is 2.24 bits per heavy atom. The Kier molecular flexibility index (Phi) is 4.36. The Balaban J connectivity index is 1.97.